The van der Waals surface area contributed by atoms with E-state index in [0.29, 0.717) is 0 Å². The van der Waals surface area contributed by atoms with Gasteiger partial charge in [0.1, 0.15) is 0 Å². The van der Waals surface area contributed by atoms with Crippen LogP contribution in [0.5, 0.6) is 0 Å². The van der Waals surface area contributed by atoms with Gasteiger partial charge in [-0.2, -0.15) is 92.2 Å². The second-order valence-electron chi connectivity index (χ2n) is 6.67. The minimum Gasteiger partial charge on any atom is -0.550 e. The number of carbonyl (C=O) groups excluding carboxylic acids is 1. The van der Waals surface area contributed by atoms with E-state index < -0.39 is 78.3 Å². The summed E-state index contributed by atoms with van der Waals surface area (Å²) in [7, 11) is 0. The summed E-state index contributed by atoms with van der Waals surface area (Å²) in [6, 6.07) is 0. The van der Waals surface area contributed by atoms with Crippen molar-refractivity contribution in [1.82, 2.24) is 0 Å². The summed E-state index contributed by atoms with van der Waals surface area (Å²) in [6.45, 7) is 0. The molecule has 0 saturated heterocycles. The van der Waals surface area contributed by atoms with E-state index in [1.54, 1.807) is 0 Å². The molecule has 0 fully saturated rings. The number of rotatable bonds is 11. The number of aliphatic carboxylic acids is 1. The third kappa shape index (κ3) is 4.26. The number of carbonyl (C=O) groups is 1. The van der Waals surface area contributed by atoms with E-state index in [1.165, 1.54) is 0 Å². The molecule has 0 atom stereocenters. The molecule has 36 heavy (non-hydrogen) atoms. The highest BCUT2D eigenvalue weighted by atomic mass is 19.4. The summed E-state index contributed by atoms with van der Waals surface area (Å²) >= 11 is 0. The Balaban J connectivity index is 6.97. The van der Waals surface area contributed by atoms with Crippen molar-refractivity contribution in [2.24, 2.45) is 0 Å². The zero-order valence-corrected chi connectivity index (χ0v) is 15.7. The molecule has 216 valence electrons. The summed E-state index contributed by atoms with van der Waals surface area (Å²) in [5.41, 5.74) is 0. The maximum Gasteiger partial charge on any atom is 0.460 e. The molecule has 0 aliphatic rings. The highest BCUT2D eigenvalue weighted by molar-refractivity contribution is 5.64. The van der Waals surface area contributed by atoms with E-state index >= 15 is 0 Å². The molecule has 2 nitrogen and oxygen atoms in total. The van der Waals surface area contributed by atoms with Crippen molar-refractivity contribution in [1.29, 1.82) is 0 Å². The van der Waals surface area contributed by atoms with Crippen molar-refractivity contribution in [3.63, 3.8) is 0 Å². The lowest BCUT2D eigenvalue weighted by atomic mass is 9.85. The number of carboxylic acid groups (broad SMARTS) is 1. The Morgan fingerprint density at radius 2 is 0.639 bits per heavy atom. The molecule has 0 rings (SSSR count). The van der Waals surface area contributed by atoms with Crippen molar-refractivity contribution >= 4 is 5.97 Å². The molecule has 0 aliphatic carbocycles. The van der Waals surface area contributed by atoms with Gasteiger partial charge in [-0.25, -0.2) is 0 Å². The van der Waals surface area contributed by atoms with Gasteiger partial charge in [0, 0.05) is 12.4 Å². The normalized spacial score (nSPS) is 16.4. The van der Waals surface area contributed by atoms with Gasteiger partial charge in [0.05, 0.1) is 0 Å². The van der Waals surface area contributed by atoms with Crippen molar-refractivity contribution in [2.45, 2.75) is 72.3 Å². The molecule has 0 N–H and O–H groups in total. The smallest absolute Gasteiger partial charge is 0.460 e. The van der Waals surface area contributed by atoms with E-state index in [9.17, 15) is 102 Å². The number of hydrogen-bond donors (Lipinski definition) is 0. The Bertz CT molecular complexity index is 822. The molecule has 23 heteroatoms. The quantitative estimate of drug-likeness (QED) is 0.286. The van der Waals surface area contributed by atoms with Crippen molar-refractivity contribution in [3.05, 3.63) is 0 Å². The van der Waals surface area contributed by atoms with Crippen LogP contribution in [0.3, 0.4) is 0 Å². The molecule has 0 heterocycles. The van der Waals surface area contributed by atoms with Gasteiger partial charge in [-0.05, 0) is 6.42 Å². The van der Waals surface area contributed by atoms with Gasteiger partial charge in [-0.15, -0.1) is 0 Å². The minimum atomic E-state index is -9.23. The molecule has 0 bridgehead atoms. The van der Waals surface area contributed by atoms with Crippen LogP contribution in [0, 0.1) is 0 Å². The average molecular weight is 591 g/mol. The Kier molecular flexibility index (Phi) is 8.04. The van der Waals surface area contributed by atoms with Crippen LogP contribution in [0.25, 0.3) is 0 Å². The van der Waals surface area contributed by atoms with Gasteiger partial charge >= 0.3 is 59.5 Å². The number of halogens is 21. The summed E-state index contributed by atoms with van der Waals surface area (Å²) in [4.78, 5) is 9.93. The molecular weight excluding hydrogens is 587 g/mol. The standard InChI is InChI=1S/C13H5F21O2/c14-4(15,2-1-3(35)36)5(16,17)6(18,19)7(20,21)8(22,23)9(24,25)10(26,27)11(28,29)12(30,31)13(32,33)34/h1-2H2,(H,35,36)/p-1. The van der Waals surface area contributed by atoms with Gasteiger partial charge in [-0.3, -0.25) is 0 Å². The average Bonchev–Trinajstić information content (AvgIpc) is 2.64. The molecule has 0 radical (unpaired) electrons. The fourth-order valence-corrected chi connectivity index (χ4v) is 2.01. The number of alkyl halides is 21. The molecule has 0 spiro atoms. The first-order chi connectivity index (χ1) is 15.2. The second-order valence-corrected chi connectivity index (χ2v) is 6.67. The van der Waals surface area contributed by atoms with Crippen LogP contribution < -0.4 is 5.11 Å². The predicted octanol–water partition coefficient (Wildman–Crippen LogP) is 5.80. The van der Waals surface area contributed by atoms with Crippen LogP contribution in [0.4, 0.5) is 92.2 Å². The lowest BCUT2D eigenvalue weighted by Gasteiger charge is -2.44. The van der Waals surface area contributed by atoms with Gasteiger partial charge in [0.15, 0.2) is 0 Å². The Hall–Kier alpha value is -2.00. The predicted molar refractivity (Wildman–Crippen MR) is 64.8 cm³/mol. The van der Waals surface area contributed by atoms with E-state index in [-0.39, 0.29) is 0 Å². The second kappa shape index (κ2) is 8.51. The summed E-state index contributed by atoms with van der Waals surface area (Å²) in [5, 5.41) is 9.93. The summed E-state index contributed by atoms with van der Waals surface area (Å²) in [5.74, 6) is -80.6. The van der Waals surface area contributed by atoms with Crippen LogP contribution in [0.1, 0.15) is 12.8 Å². The van der Waals surface area contributed by atoms with Gasteiger partial charge in [0.25, 0.3) is 0 Å². The van der Waals surface area contributed by atoms with Crippen LogP contribution in [-0.2, 0) is 4.79 Å². The Morgan fingerprint density at radius 1 is 0.417 bits per heavy atom. The van der Waals surface area contributed by atoms with Gasteiger partial charge in [0.2, 0.25) is 0 Å². The summed E-state index contributed by atoms with van der Waals surface area (Å²) in [6.07, 6.45) is -13.7. The van der Waals surface area contributed by atoms with E-state index in [4.69, 9.17) is 0 Å². The molecule has 0 aromatic heterocycles. The molecular formula is C13H4F21O2-. The highest BCUT2D eigenvalue weighted by Crippen LogP contribution is 2.66. The fourth-order valence-electron chi connectivity index (χ4n) is 2.01. The first-order valence-electron chi connectivity index (χ1n) is 7.83. The van der Waals surface area contributed by atoms with Crippen molar-refractivity contribution < 1.29 is 102 Å². The van der Waals surface area contributed by atoms with Gasteiger partial charge < -0.3 is 9.90 Å². The highest BCUT2D eigenvalue weighted by Gasteiger charge is 2.97. The van der Waals surface area contributed by atoms with E-state index in [0.717, 1.165) is 0 Å². The Morgan fingerprint density at radius 3 is 0.861 bits per heavy atom. The van der Waals surface area contributed by atoms with Crippen molar-refractivity contribution in [2.75, 3.05) is 0 Å². The maximum atomic E-state index is 13.4. The topological polar surface area (TPSA) is 40.1 Å². The van der Waals surface area contributed by atoms with Gasteiger partial charge in [-0.1, -0.05) is 0 Å². The van der Waals surface area contributed by atoms with Crippen LogP contribution in [0.2, 0.25) is 0 Å². The van der Waals surface area contributed by atoms with Crippen LogP contribution in [-0.4, -0.2) is 65.4 Å². The van der Waals surface area contributed by atoms with Crippen molar-refractivity contribution in [3.8, 4) is 0 Å². The van der Waals surface area contributed by atoms with E-state index in [1.807, 2.05) is 0 Å². The maximum absolute atomic E-state index is 13.4. The minimum absolute atomic E-state index is 2.45. The molecule has 0 aromatic carbocycles. The zero-order valence-electron chi connectivity index (χ0n) is 15.7. The number of carboxylic acids is 1. The molecule has 0 amide bonds. The zero-order chi connectivity index (χ0) is 30.0. The molecule has 0 unspecified atom stereocenters. The monoisotopic (exact) mass is 591 g/mol. The largest absolute Gasteiger partial charge is 0.550 e. The first-order valence-corrected chi connectivity index (χ1v) is 7.83. The molecule has 0 aliphatic heterocycles. The number of hydrogen-bond acceptors (Lipinski definition) is 2. The molecule has 0 aromatic rings. The lowest BCUT2D eigenvalue weighted by molar-refractivity contribution is -0.474. The Labute approximate surface area is 182 Å². The van der Waals surface area contributed by atoms with Crippen LogP contribution >= 0.6 is 0 Å². The SMILES string of the molecule is O=C([O-])CCC(F)(F)C(F)(F)C(F)(F)C(F)(F)C(F)(F)C(F)(F)C(F)(F)C(F)(F)C(F)(F)C(F)(F)F. The van der Waals surface area contributed by atoms with E-state index in [2.05, 4.69) is 0 Å². The fraction of sp³-hybridized carbons (Fsp3) is 0.923. The summed E-state index contributed by atoms with van der Waals surface area (Å²) < 4.78 is 274. The van der Waals surface area contributed by atoms with Crippen LogP contribution in [0.15, 0.2) is 0 Å². The lowest BCUT2D eigenvalue weighted by Crippen LogP contribution is -2.76. The molecule has 0 saturated carbocycles. The third-order valence-electron chi connectivity index (χ3n) is 4.22. The first kappa shape index (κ1) is 34.0. The third-order valence-corrected chi connectivity index (χ3v) is 4.22.